The number of ketones is 1. The van der Waals surface area contributed by atoms with Crippen LogP contribution in [0.25, 0.3) is 0 Å². The summed E-state index contributed by atoms with van der Waals surface area (Å²) in [4.78, 5) is 38.1. The molecule has 4 fully saturated rings. The van der Waals surface area contributed by atoms with Crippen LogP contribution in [-0.4, -0.2) is 30.4 Å². The summed E-state index contributed by atoms with van der Waals surface area (Å²) in [5, 5.41) is 0. The average molecular weight is 330 g/mol. The Morgan fingerprint density at radius 3 is 2.88 bits per heavy atom. The number of esters is 2. The summed E-state index contributed by atoms with van der Waals surface area (Å²) in [5.41, 5.74) is -1.81. The van der Waals surface area contributed by atoms with E-state index < -0.39 is 22.3 Å². The topological polar surface area (TPSA) is 69.7 Å². The van der Waals surface area contributed by atoms with Crippen LogP contribution in [0.3, 0.4) is 0 Å². The summed E-state index contributed by atoms with van der Waals surface area (Å²) >= 11 is 0. The molecule has 5 nitrogen and oxygen atoms in total. The van der Waals surface area contributed by atoms with Gasteiger partial charge < -0.3 is 9.47 Å². The highest BCUT2D eigenvalue weighted by molar-refractivity contribution is 5.90. The van der Waals surface area contributed by atoms with E-state index in [1.165, 1.54) is 7.11 Å². The molecule has 0 aromatic heterocycles. The van der Waals surface area contributed by atoms with Crippen molar-refractivity contribution in [2.24, 2.45) is 34.5 Å². The van der Waals surface area contributed by atoms with Gasteiger partial charge in [-0.1, -0.05) is 6.08 Å². The summed E-state index contributed by atoms with van der Waals surface area (Å²) in [6, 6.07) is 0. The molecule has 5 aliphatic rings. The van der Waals surface area contributed by atoms with Crippen LogP contribution in [0.5, 0.6) is 0 Å². The van der Waals surface area contributed by atoms with E-state index in [2.05, 4.69) is 0 Å². The Hall–Kier alpha value is -1.65. The van der Waals surface area contributed by atoms with Crippen molar-refractivity contribution in [2.45, 2.75) is 44.6 Å². The molecule has 4 aliphatic carbocycles. The van der Waals surface area contributed by atoms with Crippen molar-refractivity contribution in [3.63, 3.8) is 0 Å². The minimum absolute atomic E-state index is 0.0455. The van der Waals surface area contributed by atoms with Gasteiger partial charge in [0.05, 0.1) is 18.4 Å². The highest BCUT2D eigenvalue weighted by atomic mass is 16.6. The maximum Gasteiger partial charge on any atom is 0.313 e. The molecule has 0 radical (unpaired) electrons. The summed E-state index contributed by atoms with van der Waals surface area (Å²) in [6.07, 6.45) is 7.52. The molecule has 0 amide bonds. The fraction of sp³-hybridized carbons (Fsp3) is 0.737. The maximum absolute atomic E-state index is 12.9. The van der Waals surface area contributed by atoms with Crippen LogP contribution in [0.15, 0.2) is 12.2 Å². The van der Waals surface area contributed by atoms with Gasteiger partial charge in [0.25, 0.3) is 0 Å². The summed E-state index contributed by atoms with van der Waals surface area (Å²) < 4.78 is 11.2. The number of hydrogen-bond donors (Lipinski definition) is 0. The van der Waals surface area contributed by atoms with Crippen LogP contribution in [0.1, 0.15) is 39.0 Å². The van der Waals surface area contributed by atoms with Crippen molar-refractivity contribution in [1.82, 2.24) is 0 Å². The van der Waals surface area contributed by atoms with Crippen LogP contribution in [0.2, 0.25) is 0 Å². The Balaban J connectivity index is 1.76. The molecule has 1 heterocycles. The number of rotatable bonds is 1. The number of hydrogen-bond acceptors (Lipinski definition) is 5. The summed E-state index contributed by atoms with van der Waals surface area (Å²) in [5.74, 6) is -0.736. The molecule has 0 aromatic rings. The first-order valence-electron chi connectivity index (χ1n) is 8.91. The second kappa shape index (κ2) is 4.12. The molecular weight excluding hydrogens is 308 g/mol. The Bertz CT molecular complexity index is 711. The van der Waals surface area contributed by atoms with Crippen molar-refractivity contribution >= 4 is 17.7 Å². The van der Waals surface area contributed by atoms with Crippen molar-refractivity contribution in [1.29, 1.82) is 0 Å². The molecule has 5 rings (SSSR count). The lowest BCUT2D eigenvalue weighted by Gasteiger charge is -2.42. The average Bonchev–Trinajstić information content (AvgIpc) is 2.99. The van der Waals surface area contributed by atoms with Crippen LogP contribution in [0, 0.1) is 34.5 Å². The first-order chi connectivity index (χ1) is 11.4. The molecule has 128 valence electrons. The highest BCUT2D eigenvalue weighted by Crippen LogP contribution is 2.75. The number of Topliss-reactive ketones (excluding diaryl/α,β-unsaturated/α-hetero) is 1. The van der Waals surface area contributed by atoms with Crippen molar-refractivity contribution in [2.75, 3.05) is 7.11 Å². The molecular formula is C19H22O5. The van der Waals surface area contributed by atoms with E-state index in [4.69, 9.17) is 9.47 Å². The Kier molecular flexibility index (Phi) is 2.52. The minimum atomic E-state index is -0.724. The van der Waals surface area contributed by atoms with E-state index in [9.17, 15) is 14.4 Å². The van der Waals surface area contributed by atoms with Gasteiger partial charge in [-0.25, -0.2) is 0 Å². The predicted octanol–water partition coefficient (Wildman–Crippen LogP) is 2.04. The third kappa shape index (κ3) is 1.31. The van der Waals surface area contributed by atoms with Crippen LogP contribution in [0.4, 0.5) is 0 Å². The molecule has 1 spiro atoms. The lowest BCUT2D eigenvalue weighted by atomic mass is 9.62. The number of ether oxygens (including phenoxy) is 2. The molecule has 24 heavy (non-hydrogen) atoms. The van der Waals surface area contributed by atoms with Gasteiger partial charge in [-0.3, -0.25) is 14.4 Å². The Morgan fingerprint density at radius 2 is 2.12 bits per heavy atom. The number of carbonyl (C=O) groups is 3. The number of fused-ring (bicyclic) bond motifs is 1. The zero-order valence-electron chi connectivity index (χ0n) is 14.0. The number of methoxy groups -OCH3 is 1. The third-order valence-corrected chi connectivity index (χ3v) is 7.86. The molecule has 5 heteroatoms. The zero-order chi connectivity index (χ0) is 16.9. The van der Waals surface area contributed by atoms with Gasteiger partial charge in [-0.2, -0.15) is 0 Å². The molecule has 1 saturated heterocycles. The lowest BCUT2D eigenvalue weighted by molar-refractivity contribution is -0.159. The molecule has 1 aliphatic heterocycles. The fourth-order valence-corrected chi connectivity index (χ4v) is 7.09. The normalized spacial score (nSPS) is 53.6. The van der Waals surface area contributed by atoms with Gasteiger partial charge >= 0.3 is 11.9 Å². The standard InChI is InChI=1S/C19H22O5/c1-17-6-3-7-19(24-16(17)22)12-5-4-10-8-18(12,9-11(10)20)13(14(17)19)15(21)23-2/h3,7,10,12-14H,4-6,8-9H2,1-2H3/t10-,12-,13-,14-,17-,18-,19-/m1/s1. The van der Waals surface area contributed by atoms with E-state index in [1.54, 1.807) is 0 Å². The smallest absolute Gasteiger partial charge is 0.313 e. The van der Waals surface area contributed by atoms with E-state index in [0.29, 0.717) is 12.8 Å². The van der Waals surface area contributed by atoms with Crippen LogP contribution in [-0.2, 0) is 23.9 Å². The Morgan fingerprint density at radius 1 is 1.33 bits per heavy atom. The lowest BCUT2D eigenvalue weighted by Crippen LogP contribution is -2.44. The van der Waals surface area contributed by atoms with Gasteiger partial charge in [0.15, 0.2) is 0 Å². The van der Waals surface area contributed by atoms with Gasteiger partial charge in [-0.15, -0.1) is 0 Å². The second-order valence-corrected chi connectivity index (χ2v) is 8.65. The van der Waals surface area contributed by atoms with Gasteiger partial charge in [0.2, 0.25) is 0 Å². The monoisotopic (exact) mass is 330 g/mol. The summed E-state index contributed by atoms with van der Waals surface area (Å²) in [7, 11) is 1.40. The first kappa shape index (κ1) is 14.7. The number of allylic oxidation sites excluding steroid dienone is 1. The number of carbonyl (C=O) groups excluding carboxylic acids is 3. The quantitative estimate of drug-likeness (QED) is 0.543. The fourth-order valence-electron chi connectivity index (χ4n) is 7.09. The van der Waals surface area contributed by atoms with Crippen molar-refractivity contribution < 1.29 is 23.9 Å². The largest absolute Gasteiger partial charge is 0.469 e. The zero-order valence-corrected chi connectivity index (χ0v) is 14.0. The van der Waals surface area contributed by atoms with Gasteiger partial charge in [-0.05, 0) is 44.1 Å². The van der Waals surface area contributed by atoms with Crippen molar-refractivity contribution in [3.05, 3.63) is 12.2 Å². The molecule has 3 saturated carbocycles. The van der Waals surface area contributed by atoms with Crippen LogP contribution < -0.4 is 0 Å². The van der Waals surface area contributed by atoms with Crippen LogP contribution >= 0.6 is 0 Å². The molecule has 0 unspecified atom stereocenters. The van der Waals surface area contributed by atoms with Crippen molar-refractivity contribution in [3.8, 4) is 0 Å². The van der Waals surface area contributed by atoms with E-state index in [-0.39, 0.29) is 35.5 Å². The van der Waals surface area contributed by atoms with E-state index in [1.807, 2.05) is 19.1 Å². The highest BCUT2D eigenvalue weighted by Gasteiger charge is 2.81. The summed E-state index contributed by atoms with van der Waals surface area (Å²) in [6.45, 7) is 1.92. The third-order valence-electron chi connectivity index (χ3n) is 7.86. The molecule has 7 atom stereocenters. The molecule has 0 N–H and O–H groups in total. The minimum Gasteiger partial charge on any atom is -0.469 e. The molecule has 0 aromatic carbocycles. The van der Waals surface area contributed by atoms with Gasteiger partial charge in [0, 0.05) is 24.2 Å². The van der Waals surface area contributed by atoms with Gasteiger partial charge in [0.1, 0.15) is 11.4 Å². The molecule has 4 bridgehead atoms. The van der Waals surface area contributed by atoms with E-state index >= 15 is 0 Å². The van der Waals surface area contributed by atoms with E-state index in [0.717, 1.165) is 19.3 Å². The SMILES string of the molecule is COC(=O)[C@H]1[C@H]2[C@@]3(C=CC[C@@]2(C)C(=O)O3)[C@@H]2CC[C@@H]3C[C@@]21CC3=O. The predicted molar refractivity (Wildman–Crippen MR) is 82.6 cm³/mol. The first-order valence-corrected chi connectivity index (χ1v) is 8.91. The second-order valence-electron chi connectivity index (χ2n) is 8.65. The Labute approximate surface area is 140 Å². The maximum atomic E-state index is 12.9.